The first-order valence-corrected chi connectivity index (χ1v) is 3.71. The first kappa shape index (κ1) is 9.97. The predicted octanol–water partition coefficient (Wildman–Crippen LogP) is 0.165. The molecule has 1 heterocycles. The lowest BCUT2D eigenvalue weighted by molar-refractivity contribution is -0.131. The molecule has 1 rings (SSSR count). The van der Waals surface area contributed by atoms with Crippen molar-refractivity contribution in [1.29, 1.82) is 0 Å². The fourth-order valence-electron chi connectivity index (χ4n) is 0.773. The van der Waals surface area contributed by atoms with Crippen LogP contribution in [0, 0.1) is 0 Å². The van der Waals surface area contributed by atoms with Crippen LogP contribution in [-0.2, 0) is 4.79 Å². The van der Waals surface area contributed by atoms with E-state index < -0.39 is 5.97 Å². The number of anilines is 1. The second kappa shape index (κ2) is 4.22. The number of hydrogen-bond acceptors (Lipinski definition) is 5. The average Bonchev–Trinajstić information content (AvgIpc) is 2.15. The zero-order valence-electron chi connectivity index (χ0n) is 7.47. The van der Waals surface area contributed by atoms with Crippen molar-refractivity contribution in [1.82, 2.24) is 9.97 Å². The maximum Gasteiger partial charge on any atom is 0.328 e. The number of ether oxygens (including phenoxy) is 1. The summed E-state index contributed by atoms with van der Waals surface area (Å²) < 4.78 is 4.78. The van der Waals surface area contributed by atoms with E-state index in [-0.39, 0.29) is 11.7 Å². The fraction of sp³-hybridized carbons (Fsp3) is 0.125. The summed E-state index contributed by atoms with van der Waals surface area (Å²) in [5, 5.41) is 8.37. The monoisotopic (exact) mass is 195 g/mol. The van der Waals surface area contributed by atoms with E-state index in [0.717, 1.165) is 6.08 Å². The van der Waals surface area contributed by atoms with Crippen molar-refractivity contribution in [2.24, 2.45) is 0 Å². The predicted molar refractivity (Wildman–Crippen MR) is 49.7 cm³/mol. The number of rotatable bonds is 3. The van der Waals surface area contributed by atoms with Crippen LogP contribution in [0.5, 0.6) is 5.88 Å². The Balaban J connectivity index is 2.94. The fourth-order valence-corrected chi connectivity index (χ4v) is 0.773. The molecule has 0 aliphatic carbocycles. The lowest BCUT2D eigenvalue weighted by Gasteiger charge is -2.01. The molecule has 0 aliphatic heterocycles. The topological polar surface area (TPSA) is 98.3 Å². The van der Waals surface area contributed by atoms with Crippen LogP contribution in [-0.4, -0.2) is 28.2 Å². The Kier molecular flexibility index (Phi) is 3.01. The van der Waals surface area contributed by atoms with E-state index >= 15 is 0 Å². The second-order valence-corrected chi connectivity index (χ2v) is 2.35. The third-order valence-corrected chi connectivity index (χ3v) is 1.40. The molecule has 74 valence electrons. The van der Waals surface area contributed by atoms with Gasteiger partial charge in [-0.15, -0.1) is 0 Å². The Labute approximate surface area is 80.1 Å². The van der Waals surface area contributed by atoms with E-state index in [0.29, 0.717) is 5.69 Å². The highest BCUT2D eigenvalue weighted by Gasteiger charge is 2.01. The van der Waals surface area contributed by atoms with Crippen molar-refractivity contribution in [2.75, 3.05) is 12.8 Å². The molecular formula is C8H9N3O3. The van der Waals surface area contributed by atoms with Gasteiger partial charge in [-0.1, -0.05) is 0 Å². The van der Waals surface area contributed by atoms with Gasteiger partial charge in [-0.2, -0.15) is 4.98 Å². The molecule has 0 fully saturated rings. The van der Waals surface area contributed by atoms with E-state index in [9.17, 15) is 4.79 Å². The maximum absolute atomic E-state index is 10.2. The van der Waals surface area contributed by atoms with Crippen molar-refractivity contribution in [3.63, 3.8) is 0 Å². The Morgan fingerprint density at radius 2 is 2.43 bits per heavy atom. The van der Waals surface area contributed by atoms with Gasteiger partial charge < -0.3 is 15.6 Å². The molecule has 0 spiro atoms. The molecule has 1 aromatic heterocycles. The van der Waals surface area contributed by atoms with Crippen molar-refractivity contribution < 1.29 is 14.6 Å². The van der Waals surface area contributed by atoms with Crippen molar-refractivity contribution in [3.05, 3.63) is 18.0 Å². The van der Waals surface area contributed by atoms with Crippen LogP contribution in [0.25, 0.3) is 6.08 Å². The van der Waals surface area contributed by atoms with Crippen LogP contribution < -0.4 is 10.5 Å². The minimum absolute atomic E-state index is 0.127. The number of nitrogen functional groups attached to an aromatic ring is 1. The summed E-state index contributed by atoms with van der Waals surface area (Å²) in [6.45, 7) is 0. The highest BCUT2D eigenvalue weighted by Crippen LogP contribution is 2.12. The van der Waals surface area contributed by atoms with Gasteiger partial charge in [0.1, 0.15) is 5.69 Å². The molecule has 0 amide bonds. The van der Waals surface area contributed by atoms with E-state index in [1.165, 1.54) is 19.4 Å². The van der Waals surface area contributed by atoms with Crippen molar-refractivity contribution in [2.45, 2.75) is 0 Å². The summed E-state index contributed by atoms with van der Waals surface area (Å²) in [4.78, 5) is 17.9. The summed E-state index contributed by atoms with van der Waals surface area (Å²) in [7, 11) is 1.44. The van der Waals surface area contributed by atoms with Gasteiger partial charge >= 0.3 is 5.97 Å². The Morgan fingerprint density at radius 1 is 1.71 bits per heavy atom. The van der Waals surface area contributed by atoms with Crippen LogP contribution in [0.3, 0.4) is 0 Å². The molecule has 6 heteroatoms. The molecule has 14 heavy (non-hydrogen) atoms. The number of carboxylic acids is 1. The first-order chi connectivity index (χ1) is 6.63. The van der Waals surface area contributed by atoms with Gasteiger partial charge in [-0.3, -0.25) is 0 Å². The summed E-state index contributed by atoms with van der Waals surface area (Å²) in [6.07, 6.45) is 3.56. The smallest absolute Gasteiger partial charge is 0.328 e. The molecule has 3 N–H and O–H groups in total. The van der Waals surface area contributed by atoms with Gasteiger partial charge in [0.2, 0.25) is 5.88 Å². The van der Waals surface area contributed by atoms with Crippen LogP contribution in [0.2, 0.25) is 0 Å². The number of carboxylic acid groups (broad SMARTS) is 1. The molecule has 0 radical (unpaired) electrons. The van der Waals surface area contributed by atoms with Gasteiger partial charge in [0, 0.05) is 6.08 Å². The van der Waals surface area contributed by atoms with Gasteiger partial charge in [-0.05, 0) is 6.08 Å². The third-order valence-electron chi connectivity index (χ3n) is 1.40. The molecule has 0 unspecified atom stereocenters. The Bertz CT molecular complexity index is 376. The van der Waals surface area contributed by atoms with E-state index in [1.807, 2.05) is 0 Å². The third kappa shape index (κ3) is 2.44. The molecule has 0 saturated carbocycles. The summed E-state index contributed by atoms with van der Waals surface area (Å²) >= 11 is 0. The molecular weight excluding hydrogens is 186 g/mol. The van der Waals surface area contributed by atoms with Crippen LogP contribution >= 0.6 is 0 Å². The van der Waals surface area contributed by atoms with Gasteiger partial charge in [0.15, 0.2) is 5.82 Å². The molecule has 6 nitrogen and oxygen atoms in total. The zero-order chi connectivity index (χ0) is 10.6. The Hall–Kier alpha value is -2.11. The van der Waals surface area contributed by atoms with E-state index in [2.05, 4.69) is 9.97 Å². The molecule has 0 bridgehead atoms. The SMILES string of the molecule is COc1cnc(C=CC(=O)O)c(N)n1. The Morgan fingerprint density at radius 3 is 2.93 bits per heavy atom. The first-order valence-electron chi connectivity index (χ1n) is 3.71. The molecule has 0 atom stereocenters. The summed E-state index contributed by atoms with van der Waals surface area (Å²) in [5.41, 5.74) is 5.78. The largest absolute Gasteiger partial charge is 0.480 e. The van der Waals surface area contributed by atoms with Crippen LogP contribution in [0.15, 0.2) is 12.3 Å². The van der Waals surface area contributed by atoms with Gasteiger partial charge in [-0.25, -0.2) is 9.78 Å². The van der Waals surface area contributed by atoms with Crippen LogP contribution in [0.4, 0.5) is 5.82 Å². The number of aromatic nitrogens is 2. The van der Waals surface area contributed by atoms with E-state index in [4.69, 9.17) is 15.6 Å². The maximum atomic E-state index is 10.2. The number of aliphatic carboxylic acids is 1. The van der Waals surface area contributed by atoms with Gasteiger partial charge in [0.25, 0.3) is 0 Å². The average molecular weight is 195 g/mol. The van der Waals surface area contributed by atoms with Crippen LogP contribution in [0.1, 0.15) is 5.69 Å². The number of nitrogens with zero attached hydrogens (tertiary/aromatic N) is 2. The van der Waals surface area contributed by atoms with Crippen molar-refractivity contribution in [3.8, 4) is 5.88 Å². The lowest BCUT2D eigenvalue weighted by atomic mass is 10.3. The second-order valence-electron chi connectivity index (χ2n) is 2.35. The lowest BCUT2D eigenvalue weighted by Crippen LogP contribution is -1.99. The minimum atomic E-state index is -1.07. The zero-order valence-corrected chi connectivity index (χ0v) is 7.47. The summed E-state index contributed by atoms with van der Waals surface area (Å²) in [6, 6.07) is 0. The number of hydrogen-bond donors (Lipinski definition) is 2. The molecule has 1 aromatic rings. The standard InChI is InChI=1S/C8H9N3O3/c1-14-6-4-10-5(8(9)11-6)2-3-7(12)13/h2-4H,1H3,(H2,9,11)(H,12,13). The molecule has 0 saturated heterocycles. The highest BCUT2D eigenvalue weighted by atomic mass is 16.5. The van der Waals surface area contributed by atoms with Crippen molar-refractivity contribution >= 4 is 17.9 Å². The quantitative estimate of drug-likeness (QED) is 0.667. The number of carbonyl (C=O) groups is 1. The van der Waals surface area contributed by atoms with E-state index in [1.54, 1.807) is 0 Å². The number of methoxy groups -OCH3 is 1. The molecule has 0 aromatic carbocycles. The molecule has 0 aliphatic rings. The highest BCUT2D eigenvalue weighted by molar-refractivity contribution is 5.85. The van der Waals surface area contributed by atoms with Gasteiger partial charge in [0.05, 0.1) is 13.3 Å². The normalized spacial score (nSPS) is 10.4. The summed E-state index contributed by atoms with van der Waals surface area (Å²) in [5.74, 6) is -0.654. The minimum Gasteiger partial charge on any atom is -0.480 e. The number of nitrogens with two attached hydrogens (primary N) is 1.